The molecule has 0 heterocycles. The summed E-state index contributed by atoms with van der Waals surface area (Å²) in [6.07, 6.45) is 10.0. The molecule has 4 N–H and O–H groups in total. The third kappa shape index (κ3) is 6.60. The van der Waals surface area contributed by atoms with Crippen LogP contribution >= 0.6 is 0 Å². The minimum atomic E-state index is -4.70. The van der Waals surface area contributed by atoms with Gasteiger partial charge in [0.05, 0.1) is 33.9 Å². The molecule has 2 saturated carbocycles. The Balaban J connectivity index is 1.33. The van der Waals surface area contributed by atoms with Crippen LogP contribution in [0, 0.1) is 0 Å². The van der Waals surface area contributed by atoms with E-state index in [1.807, 2.05) is 12.1 Å². The lowest BCUT2D eigenvalue weighted by molar-refractivity contribution is 0.0980. The predicted molar refractivity (Wildman–Crippen MR) is 190 cm³/mol. The first-order valence-electron chi connectivity index (χ1n) is 17.0. The second-order valence-electron chi connectivity index (χ2n) is 13.5. The monoisotopic (exact) mass is 714 g/mol. The molecular formula is C38H38N2O8S2. The Hall–Kier alpha value is -4.36. The molecule has 7 rings (SSSR count). The van der Waals surface area contributed by atoms with Gasteiger partial charge in [0.1, 0.15) is 9.79 Å². The fourth-order valence-electron chi connectivity index (χ4n) is 7.81. The number of anilines is 4. The number of benzene rings is 4. The van der Waals surface area contributed by atoms with Crippen LogP contribution in [0.5, 0.6) is 0 Å². The summed E-state index contributed by atoms with van der Waals surface area (Å²) in [4.78, 5) is 27.6. The molecule has 0 bridgehead atoms. The largest absolute Gasteiger partial charge is 0.354 e. The Labute approximate surface area is 291 Å². The number of carbonyl (C=O) groups excluding carboxylic acids is 2. The van der Waals surface area contributed by atoms with E-state index in [9.17, 15) is 35.5 Å². The van der Waals surface area contributed by atoms with E-state index in [-0.39, 0.29) is 66.6 Å². The van der Waals surface area contributed by atoms with Crippen LogP contribution in [0.4, 0.5) is 22.7 Å². The fourth-order valence-corrected chi connectivity index (χ4v) is 9.18. The summed E-state index contributed by atoms with van der Waals surface area (Å²) in [6.45, 7) is 0. The van der Waals surface area contributed by atoms with E-state index >= 15 is 0 Å². The summed E-state index contributed by atoms with van der Waals surface area (Å²) in [7, 11) is -9.39. The zero-order chi connectivity index (χ0) is 35.2. The number of rotatable bonds is 8. The van der Waals surface area contributed by atoms with Gasteiger partial charge >= 0.3 is 0 Å². The Morgan fingerprint density at radius 3 is 1.22 bits per heavy atom. The standard InChI is InChI=1S/C38H38N2O8S2/c41-37-27-13-7-8-14-28(27)38(42)36-32(40-30-18-16-26(22-34(30)50(46,47)48)24-11-5-2-6-12-24)20-19-31(35(36)37)39-29-17-15-25(21-33(29)49(43,44)45)23-9-3-1-4-10-23/h7-8,13-24,39-40H,1-6,9-12H2,(H,43,44,45)(H,46,47,48). The third-order valence-electron chi connectivity index (χ3n) is 10.3. The highest BCUT2D eigenvalue weighted by Crippen LogP contribution is 2.42. The lowest BCUT2D eigenvalue weighted by Gasteiger charge is -2.26. The topological polar surface area (TPSA) is 167 Å². The molecule has 0 spiro atoms. The molecule has 260 valence electrons. The van der Waals surface area contributed by atoms with E-state index < -0.39 is 31.8 Å². The second-order valence-corrected chi connectivity index (χ2v) is 16.3. The summed E-state index contributed by atoms with van der Waals surface area (Å²) in [5, 5.41) is 6.03. The van der Waals surface area contributed by atoms with Crippen LogP contribution < -0.4 is 10.6 Å². The zero-order valence-electron chi connectivity index (χ0n) is 27.3. The highest BCUT2D eigenvalue weighted by molar-refractivity contribution is 7.86. The molecule has 0 amide bonds. The first-order valence-corrected chi connectivity index (χ1v) is 19.9. The van der Waals surface area contributed by atoms with Gasteiger partial charge in [-0.2, -0.15) is 16.8 Å². The molecule has 10 nitrogen and oxygen atoms in total. The van der Waals surface area contributed by atoms with Gasteiger partial charge in [0, 0.05) is 11.1 Å². The van der Waals surface area contributed by atoms with Gasteiger partial charge in [-0.05, 0) is 85.0 Å². The van der Waals surface area contributed by atoms with Gasteiger partial charge in [-0.25, -0.2) is 0 Å². The summed E-state index contributed by atoms with van der Waals surface area (Å²) >= 11 is 0. The van der Waals surface area contributed by atoms with Crippen LogP contribution in [0.25, 0.3) is 0 Å². The molecule has 0 aromatic heterocycles. The van der Waals surface area contributed by atoms with Crippen molar-refractivity contribution in [3.63, 3.8) is 0 Å². The molecule has 0 atom stereocenters. The van der Waals surface area contributed by atoms with Crippen LogP contribution in [0.1, 0.15) is 119 Å². The van der Waals surface area contributed by atoms with E-state index in [2.05, 4.69) is 10.6 Å². The van der Waals surface area contributed by atoms with Crippen molar-refractivity contribution in [3.05, 3.63) is 106 Å². The Kier molecular flexibility index (Phi) is 9.14. The minimum Gasteiger partial charge on any atom is -0.354 e. The predicted octanol–water partition coefficient (Wildman–Crippen LogP) is 8.54. The van der Waals surface area contributed by atoms with Gasteiger partial charge in [0.15, 0.2) is 11.6 Å². The van der Waals surface area contributed by atoms with Crippen molar-refractivity contribution in [1.29, 1.82) is 0 Å². The van der Waals surface area contributed by atoms with Crippen molar-refractivity contribution in [2.75, 3.05) is 10.6 Å². The van der Waals surface area contributed by atoms with Gasteiger partial charge in [-0.1, -0.05) is 74.9 Å². The Bertz CT molecular complexity index is 2080. The summed E-state index contributed by atoms with van der Waals surface area (Å²) < 4.78 is 71.2. The Morgan fingerprint density at radius 1 is 0.500 bits per heavy atom. The lowest BCUT2D eigenvalue weighted by Crippen LogP contribution is -2.23. The highest BCUT2D eigenvalue weighted by Gasteiger charge is 2.35. The molecule has 12 heteroatoms. The van der Waals surface area contributed by atoms with Crippen LogP contribution in [0.15, 0.2) is 82.6 Å². The van der Waals surface area contributed by atoms with Gasteiger partial charge in [0.2, 0.25) is 0 Å². The lowest BCUT2D eigenvalue weighted by atomic mass is 9.82. The molecule has 0 aliphatic heterocycles. The molecule has 2 fully saturated rings. The van der Waals surface area contributed by atoms with Crippen molar-refractivity contribution in [2.45, 2.75) is 85.8 Å². The van der Waals surface area contributed by atoms with Crippen LogP contribution in [-0.2, 0) is 20.2 Å². The first kappa shape index (κ1) is 34.1. The molecule has 0 radical (unpaired) electrons. The maximum Gasteiger partial charge on any atom is 0.296 e. The second kappa shape index (κ2) is 13.4. The number of ketones is 2. The maximum absolute atomic E-state index is 14.1. The van der Waals surface area contributed by atoms with E-state index in [1.165, 1.54) is 36.4 Å². The maximum atomic E-state index is 14.1. The van der Waals surface area contributed by atoms with Gasteiger partial charge in [-0.15, -0.1) is 0 Å². The number of fused-ring (bicyclic) bond motifs is 2. The zero-order valence-corrected chi connectivity index (χ0v) is 28.9. The number of carbonyl (C=O) groups is 2. The first-order chi connectivity index (χ1) is 23.9. The van der Waals surface area contributed by atoms with Crippen LogP contribution in [0.3, 0.4) is 0 Å². The summed E-state index contributed by atoms with van der Waals surface area (Å²) in [6, 6.07) is 19.0. The molecular weight excluding hydrogens is 677 g/mol. The molecule has 0 saturated heterocycles. The van der Waals surface area contributed by atoms with E-state index in [0.29, 0.717) is 0 Å². The number of hydrogen-bond donors (Lipinski definition) is 4. The minimum absolute atomic E-state index is 0.0287. The van der Waals surface area contributed by atoms with Gasteiger partial charge in [0.25, 0.3) is 20.2 Å². The van der Waals surface area contributed by atoms with Crippen molar-refractivity contribution < 1.29 is 35.5 Å². The van der Waals surface area contributed by atoms with E-state index in [4.69, 9.17) is 0 Å². The average Bonchev–Trinajstić information content (AvgIpc) is 3.11. The molecule has 0 unspecified atom stereocenters. The number of hydrogen-bond acceptors (Lipinski definition) is 8. The van der Waals surface area contributed by atoms with Crippen molar-refractivity contribution >= 4 is 54.6 Å². The molecule has 4 aromatic carbocycles. The normalized spacial score (nSPS) is 17.2. The SMILES string of the molecule is O=C1c2ccccc2C(=O)c2c(Nc3ccc(C4CCCCC4)cc3S(=O)(=O)O)ccc(Nc3ccc(C4CCCCC4)cc3S(=O)(=O)O)c21. The number of nitrogens with one attached hydrogen (secondary N) is 2. The Morgan fingerprint density at radius 2 is 0.860 bits per heavy atom. The van der Waals surface area contributed by atoms with Crippen LogP contribution in [0.2, 0.25) is 0 Å². The summed E-state index contributed by atoms with van der Waals surface area (Å²) in [5.41, 5.74) is 2.11. The van der Waals surface area contributed by atoms with Gasteiger partial charge in [-0.3, -0.25) is 18.7 Å². The van der Waals surface area contributed by atoms with Crippen molar-refractivity contribution in [1.82, 2.24) is 0 Å². The highest BCUT2D eigenvalue weighted by atomic mass is 32.2. The van der Waals surface area contributed by atoms with Crippen molar-refractivity contribution in [3.8, 4) is 0 Å². The van der Waals surface area contributed by atoms with E-state index in [1.54, 1.807) is 24.3 Å². The quantitative estimate of drug-likeness (QED) is 0.114. The smallest absolute Gasteiger partial charge is 0.296 e. The summed E-state index contributed by atoms with van der Waals surface area (Å²) in [5.74, 6) is -0.680. The van der Waals surface area contributed by atoms with Crippen LogP contribution in [-0.4, -0.2) is 37.5 Å². The average molecular weight is 715 g/mol. The molecule has 50 heavy (non-hydrogen) atoms. The van der Waals surface area contributed by atoms with Crippen molar-refractivity contribution in [2.24, 2.45) is 0 Å². The fraction of sp³-hybridized carbons (Fsp3) is 0.316. The molecule has 3 aliphatic carbocycles. The van der Waals surface area contributed by atoms with Gasteiger partial charge < -0.3 is 10.6 Å². The third-order valence-corrected chi connectivity index (χ3v) is 12.1. The molecule has 3 aliphatic rings. The van der Waals surface area contributed by atoms with E-state index in [0.717, 1.165) is 75.3 Å². The molecule has 4 aromatic rings.